The van der Waals surface area contributed by atoms with Crippen molar-refractivity contribution in [2.75, 3.05) is 18.9 Å². The maximum absolute atomic E-state index is 12.0. The van der Waals surface area contributed by atoms with Gasteiger partial charge in [-0.2, -0.15) is 0 Å². The first kappa shape index (κ1) is 14.0. The Bertz CT molecular complexity index is 457. The fourth-order valence-corrected chi connectivity index (χ4v) is 1.28. The molecule has 6 heteroatoms. The fraction of sp³-hybridized carbons (Fsp3) is 0.417. The predicted octanol–water partition coefficient (Wildman–Crippen LogP) is 0.365. The molecule has 0 radical (unpaired) electrons. The second-order valence-electron chi connectivity index (χ2n) is 4.60. The summed E-state index contributed by atoms with van der Waals surface area (Å²) >= 11 is 0. The number of primary amides is 1. The zero-order chi connectivity index (χ0) is 13.8. The molecule has 4 N–H and O–H groups in total. The summed E-state index contributed by atoms with van der Waals surface area (Å²) in [5.41, 5.74) is 5.57. The molecule has 0 aliphatic carbocycles. The average Bonchev–Trinajstić information content (AvgIpc) is 2.35. The second-order valence-corrected chi connectivity index (χ2v) is 4.60. The van der Waals surface area contributed by atoms with Crippen LogP contribution < -0.4 is 16.4 Å². The van der Waals surface area contributed by atoms with Crippen molar-refractivity contribution in [3.05, 3.63) is 24.0 Å². The fourth-order valence-electron chi connectivity index (χ4n) is 1.28. The number of aromatic nitrogens is 1. The average molecular weight is 250 g/mol. The van der Waals surface area contributed by atoms with Crippen molar-refractivity contribution in [1.29, 1.82) is 0 Å². The molecule has 1 rings (SSSR count). The molecule has 1 heterocycles. The van der Waals surface area contributed by atoms with Crippen molar-refractivity contribution in [3.63, 3.8) is 0 Å². The quantitative estimate of drug-likeness (QED) is 0.703. The van der Waals surface area contributed by atoms with Gasteiger partial charge in [-0.1, -0.05) is 0 Å². The van der Waals surface area contributed by atoms with Crippen LogP contribution in [0.25, 0.3) is 0 Å². The van der Waals surface area contributed by atoms with Gasteiger partial charge >= 0.3 is 0 Å². The topological polar surface area (TPSA) is 97.1 Å². The van der Waals surface area contributed by atoms with Crippen LogP contribution in [0.1, 0.15) is 24.2 Å². The second kappa shape index (κ2) is 5.48. The van der Waals surface area contributed by atoms with Crippen LogP contribution >= 0.6 is 0 Å². The minimum atomic E-state index is -0.775. The Morgan fingerprint density at radius 1 is 1.44 bits per heavy atom. The van der Waals surface area contributed by atoms with E-state index in [0.29, 0.717) is 11.3 Å². The molecule has 0 aliphatic rings. The summed E-state index contributed by atoms with van der Waals surface area (Å²) in [5.74, 6) is -0.720. The minimum Gasteiger partial charge on any atom is -0.386 e. The Labute approximate surface area is 106 Å². The third kappa shape index (κ3) is 3.19. The van der Waals surface area contributed by atoms with E-state index in [9.17, 15) is 9.59 Å². The molecule has 0 spiro atoms. The van der Waals surface area contributed by atoms with Crippen LogP contribution in [0.4, 0.5) is 5.69 Å². The predicted molar refractivity (Wildman–Crippen MR) is 69.1 cm³/mol. The van der Waals surface area contributed by atoms with Crippen LogP contribution in [-0.4, -0.2) is 30.4 Å². The Kier molecular flexibility index (Phi) is 4.25. The standard InChI is InChI=1S/C12H18N4O2/c1-12(2,11(13)18)7-16-10(17)8-4-5-15-6-9(8)14-3/h4-6,14H,7H2,1-3H3,(H2,13,18)(H,16,17). The van der Waals surface area contributed by atoms with Gasteiger partial charge in [-0.3, -0.25) is 14.6 Å². The summed E-state index contributed by atoms with van der Waals surface area (Å²) < 4.78 is 0. The van der Waals surface area contributed by atoms with Crippen LogP contribution in [0.5, 0.6) is 0 Å². The third-order valence-electron chi connectivity index (χ3n) is 2.69. The first-order chi connectivity index (χ1) is 8.38. The number of rotatable bonds is 5. The van der Waals surface area contributed by atoms with E-state index in [1.807, 2.05) is 0 Å². The van der Waals surface area contributed by atoms with E-state index >= 15 is 0 Å². The van der Waals surface area contributed by atoms with Gasteiger partial charge < -0.3 is 16.4 Å². The normalized spacial score (nSPS) is 10.8. The summed E-state index contributed by atoms with van der Waals surface area (Å²) in [6.07, 6.45) is 3.10. The molecule has 6 nitrogen and oxygen atoms in total. The van der Waals surface area contributed by atoms with Crippen LogP contribution in [0.2, 0.25) is 0 Å². The number of amides is 2. The Hall–Kier alpha value is -2.11. The number of hydrogen-bond acceptors (Lipinski definition) is 4. The lowest BCUT2D eigenvalue weighted by atomic mass is 9.92. The van der Waals surface area contributed by atoms with Crippen molar-refractivity contribution in [3.8, 4) is 0 Å². The molecule has 0 saturated carbocycles. The highest BCUT2D eigenvalue weighted by Crippen LogP contribution is 2.15. The number of nitrogens with zero attached hydrogens (tertiary/aromatic N) is 1. The zero-order valence-corrected chi connectivity index (χ0v) is 10.8. The molecular weight excluding hydrogens is 232 g/mol. The lowest BCUT2D eigenvalue weighted by molar-refractivity contribution is -0.125. The summed E-state index contributed by atoms with van der Waals surface area (Å²) in [7, 11) is 1.71. The lowest BCUT2D eigenvalue weighted by Gasteiger charge is -2.21. The molecular formula is C12H18N4O2. The summed E-state index contributed by atoms with van der Waals surface area (Å²) in [6, 6.07) is 1.61. The first-order valence-electron chi connectivity index (χ1n) is 5.58. The van der Waals surface area contributed by atoms with Crippen LogP contribution in [-0.2, 0) is 4.79 Å². The maximum atomic E-state index is 12.0. The molecule has 0 fully saturated rings. The van der Waals surface area contributed by atoms with Gasteiger partial charge in [0, 0.05) is 19.8 Å². The van der Waals surface area contributed by atoms with Crippen LogP contribution in [0.3, 0.4) is 0 Å². The van der Waals surface area contributed by atoms with Crippen LogP contribution in [0.15, 0.2) is 18.5 Å². The van der Waals surface area contributed by atoms with E-state index < -0.39 is 11.3 Å². The molecule has 0 unspecified atom stereocenters. The van der Waals surface area contributed by atoms with Gasteiger partial charge in [0.2, 0.25) is 5.91 Å². The molecule has 1 aromatic heterocycles. The molecule has 0 aromatic carbocycles. The number of nitrogens with two attached hydrogens (primary N) is 1. The van der Waals surface area contributed by atoms with Gasteiger partial charge in [0.05, 0.1) is 22.9 Å². The van der Waals surface area contributed by atoms with E-state index in [4.69, 9.17) is 5.73 Å². The highest BCUT2D eigenvalue weighted by atomic mass is 16.2. The molecule has 0 aliphatic heterocycles. The van der Waals surface area contributed by atoms with Gasteiger partial charge in [-0.25, -0.2) is 0 Å². The monoisotopic (exact) mass is 250 g/mol. The van der Waals surface area contributed by atoms with Crippen molar-refractivity contribution >= 4 is 17.5 Å². The smallest absolute Gasteiger partial charge is 0.253 e. The summed E-state index contributed by atoms with van der Waals surface area (Å²) in [6.45, 7) is 3.55. The molecule has 98 valence electrons. The van der Waals surface area contributed by atoms with Crippen molar-refractivity contribution in [2.45, 2.75) is 13.8 Å². The molecule has 1 aromatic rings. The van der Waals surface area contributed by atoms with Gasteiger partial charge in [-0.15, -0.1) is 0 Å². The number of nitrogens with one attached hydrogen (secondary N) is 2. The minimum absolute atomic E-state index is 0.187. The molecule has 0 atom stereocenters. The van der Waals surface area contributed by atoms with Crippen molar-refractivity contribution in [2.24, 2.45) is 11.1 Å². The SMILES string of the molecule is CNc1cnccc1C(=O)NCC(C)(C)C(N)=O. The Morgan fingerprint density at radius 3 is 2.67 bits per heavy atom. The number of pyridine rings is 1. The zero-order valence-electron chi connectivity index (χ0n) is 10.8. The number of carbonyl (C=O) groups excluding carboxylic acids is 2. The number of carbonyl (C=O) groups is 2. The largest absolute Gasteiger partial charge is 0.386 e. The van der Waals surface area contributed by atoms with Gasteiger partial charge in [0.15, 0.2) is 0 Å². The Balaban J connectivity index is 2.75. The number of hydrogen-bond donors (Lipinski definition) is 3. The van der Waals surface area contributed by atoms with Crippen molar-refractivity contribution in [1.82, 2.24) is 10.3 Å². The van der Waals surface area contributed by atoms with Crippen molar-refractivity contribution < 1.29 is 9.59 Å². The lowest BCUT2D eigenvalue weighted by Crippen LogP contribution is -2.42. The highest BCUT2D eigenvalue weighted by molar-refractivity contribution is 5.99. The van der Waals surface area contributed by atoms with E-state index in [1.165, 1.54) is 6.20 Å². The van der Waals surface area contributed by atoms with Crippen LogP contribution in [0, 0.1) is 5.41 Å². The first-order valence-corrected chi connectivity index (χ1v) is 5.58. The summed E-state index contributed by atoms with van der Waals surface area (Å²) in [5, 5.41) is 5.57. The maximum Gasteiger partial charge on any atom is 0.253 e. The van der Waals surface area contributed by atoms with Gasteiger partial charge in [0.1, 0.15) is 0 Å². The third-order valence-corrected chi connectivity index (χ3v) is 2.69. The molecule has 0 saturated heterocycles. The van der Waals surface area contributed by atoms with E-state index in [-0.39, 0.29) is 12.5 Å². The Morgan fingerprint density at radius 2 is 2.11 bits per heavy atom. The molecule has 2 amide bonds. The van der Waals surface area contributed by atoms with E-state index in [1.54, 1.807) is 33.2 Å². The molecule has 18 heavy (non-hydrogen) atoms. The number of anilines is 1. The van der Waals surface area contributed by atoms with E-state index in [0.717, 1.165) is 0 Å². The summed E-state index contributed by atoms with van der Waals surface area (Å²) in [4.78, 5) is 27.0. The van der Waals surface area contributed by atoms with Gasteiger partial charge in [-0.05, 0) is 19.9 Å². The molecule has 0 bridgehead atoms. The van der Waals surface area contributed by atoms with E-state index in [2.05, 4.69) is 15.6 Å². The highest BCUT2D eigenvalue weighted by Gasteiger charge is 2.25. The van der Waals surface area contributed by atoms with Gasteiger partial charge in [0.25, 0.3) is 5.91 Å².